The monoisotopic (exact) mass is 302 g/mol. The van der Waals surface area contributed by atoms with Crippen molar-refractivity contribution in [3.8, 4) is 11.5 Å². The topological polar surface area (TPSA) is 52.6 Å². The fourth-order valence-electron chi connectivity index (χ4n) is 2.13. The average Bonchev–Trinajstić information content (AvgIpc) is 2.50. The molecular weight excluding hydrogens is 284 g/mol. The Kier molecular flexibility index (Phi) is 3.75. The molecule has 0 radical (unpaired) electrons. The molecule has 1 aliphatic heterocycles. The Morgan fingerprint density at radius 1 is 1.42 bits per heavy atom. The van der Waals surface area contributed by atoms with Crippen molar-refractivity contribution < 1.29 is 17.3 Å². The van der Waals surface area contributed by atoms with E-state index in [9.17, 15) is 8.42 Å². The molecule has 4 nitrogen and oxygen atoms in total. The number of benzene rings is 1. The number of hydrogen-bond donors (Lipinski definition) is 0. The van der Waals surface area contributed by atoms with Crippen LogP contribution in [0.25, 0.3) is 0 Å². The van der Waals surface area contributed by atoms with Crippen molar-refractivity contribution in [1.82, 2.24) is 0 Å². The van der Waals surface area contributed by atoms with Gasteiger partial charge < -0.3 is 8.92 Å². The molecule has 6 heteroatoms. The zero-order valence-electron chi connectivity index (χ0n) is 11.5. The molecule has 0 aromatic heterocycles. The minimum atomic E-state index is -3.50. The summed E-state index contributed by atoms with van der Waals surface area (Å²) >= 11 is 1.74. The lowest BCUT2D eigenvalue weighted by molar-refractivity contribution is 0.255. The minimum absolute atomic E-state index is 0.0426. The van der Waals surface area contributed by atoms with Crippen molar-refractivity contribution in [3.05, 3.63) is 23.8 Å². The Morgan fingerprint density at radius 3 is 2.68 bits per heavy atom. The van der Waals surface area contributed by atoms with Gasteiger partial charge in [0.2, 0.25) is 0 Å². The van der Waals surface area contributed by atoms with Crippen LogP contribution in [-0.2, 0) is 15.5 Å². The lowest BCUT2D eigenvalue weighted by Crippen LogP contribution is -2.29. The van der Waals surface area contributed by atoms with Crippen LogP contribution in [0.5, 0.6) is 11.5 Å². The first-order valence-corrected chi connectivity index (χ1v) is 8.93. The van der Waals surface area contributed by atoms with E-state index >= 15 is 0 Å². The van der Waals surface area contributed by atoms with E-state index in [1.54, 1.807) is 30.0 Å². The molecule has 1 aromatic rings. The fraction of sp³-hybridized carbons (Fsp3) is 0.538. The van der Waals surface area contributed by atoms with Gasteiger partial charge in [0.15, 0.2) is 5.44 Å². The maximum atomic E-state index is 11.2. The van der Waals surface area contributed by atoms with Crippen molar-refractivity contribution in [1.29, 1.82) is 0 Å². The van der Waals surface area contributed by atoms with Crippen LogP contribution in [0.15, 0.2) is 18.2 Å². The Hall–Kier alpha value is -0.880. The van der Waals surface area contributed by atoms with Gasteiger partial charge in [-0.1, -0.05) is 20.8 Å². The highest BCUT2D eigenvalue weighted by molar-refractivity contribution is 7.99. The number of rotatable bonds is 4. The SMILES string of the molecule is CCSC1Oc2ccc(OS(C)(=O)=O)cc2C1(C)C. The normalized spacial score (nSPS) is 20.7. The quantitative estimate of drug-likeness (QED) is 0.801. The molecule has 0 bridgehead atoms. The Morgan fingerprint density at radius 2 is 2.11 bits per heavy atom. The van der Waals surface area contributed by atoms with E-state index in [2.05, 4.69) is 20.8 Å². The lowest BCUT2D eigenvalue weighted by atomic mass is 9.86. The van der Waals surface area contributed by atoms with E-state index in [0.717, 1.165) is 23.3 Å². The van der Waals surface area contributed by atoms with E-state index < -0.39 is 10.1 Å². The third-order valence-corrected chi connectivity index (χ3v) is 4.85. The molecule has 2 rings (SSSR count). The van der Waals surface area contributed by atoms with Gasteiger partial charge >= 0.3 is 10.1 Å². The first-order valence-electron chi connectivity index (χ1n) is 6.06. The largest absolute Gasteiger partial charge is 0.479 e. The van der Waals surface area contributed by atoms with Crippen LogP contribution in [0.3, 0.4) is 0 Å². The molecule has 0 amide bonds. The molecule has 0 fully saturated rings. The Labute approximate surface area is 118 Å². The number of fused-ring (bicyclic) bond motifs is 1. The van der Waals surface area contributed by atoms with Crippen molar-refractivity contribution in [2.24, 2.45) is 0 Å². The molecule has 0 saturated heterocycles. The fourth-order valence-corrected chi connectivity index (χ4v) is 3.60. The molecule has 1 heterocycles. The van der Waals surface area contributed by atoms with Crippen molar-refractivity contribution in [2.75, 3.05) is 12.0 Å². The third-order valence-electron chi connectivity index (χ3n) is 3.03. The predicted octanol–water partition coefficient (Wildman–Crippen LogP) is 2.77. The molecule has 106 valence electrons. The van der Waals surface area contributed by atoms with Crippen molar-refractivity contribution in [3.63, 3.8) is 0 Å². The summed E-state index contributed by atoms with van der Waals surface area (Å²) in [4.78, 5) is 0. The molecule has 1 atom stereocenters. The van der Waals surface area contributed by atoms with Gasteiger partial charge in [-0.2, -0.15) is 8.42 Å². The summed E-state index contributed by atoms with van der Waals surface area (Å²) in [5.41, 5.74) is 0.855. The Balaban J connectivity index is 2.35. The van der Waals surface area contributed by atoms with E-state index in [-0.39, 0.29) is 10.9 Å². The van der Waals surface area contributed by atoms with Gasteiger partial charge in [0.1, 0.15) is 11.5 Å². The van der Waals surface area contributed by atoms with Gasteiger partial charge in [-0.15, -0.1) is 11.8 Å². The highest BCUT2D eigenvalue weighted by atomic mass is 32.2. The summed E-state index contributed by atoms with van der Waals surface area (Å²) in [6, 6.07) is 5.15. The van der Waals surface area contributed by atoms with Gasteiger partial charge in [0, 0.05) is 11.0 Å². The molecule has 0 spiro atoms. The molecule has 19 heavy (non-hydrogen) atoms. The van der Waals surface area contributed by atoms with E-state index in [4.69, 9.17) is 8.92 Å². The molecule has 0 saturated carbocycles. The Bertz CT molecular complexity index is 578. The minimum Gasteiger partial charge on any atom is -0.479 e. The second-order valence-corrected chi connectivity index (χ2v) is 7.99. The molecular formula is C13H18O4S2. The molecule has 0 N–H and O–H groups in total. The van der Waals surface area contributed by atoms with Crippen LogP contribution in [0.4, 0.5) is 0 Å². The smallest absolute Gasteiger partial charge is 0.306 e. The maximum absolute atomic E-state index is 11.2. The number of hydrogen-bond acceptors (Lipinski definition) is 5. The molecule has 1 aromatic carbocycles. The first-order chi connectivity index (χ1) is 8.74. The second-order valence-electron chi connectivity index (χ2n) is 5.07. The summed E-state index contributed by atoms with van der Waals surface area (Å²) in [5.74, 6) is 2.10. The molecule has 1 aliphatic rings. The summed E-state index contributed by atoms with van der Waals surface area (Å²) < 4.78 is 33.2. The summed E-state index contributed by atoms with van der Waals surface area (Å²) in [6.45, 7) is 6.28. The van der Waals surface area contributed by atoms with Gasteiger partial charge in [0.25, 0.3) is 0 Å². The third kappa shape index (κ3) is 3.00. The van der Waals surface area contributed by atoms with Crippen LogP contribution >= 0.6 is 11.8 Å². The van der Waals surface area contributed by atoms with E-state index in [0.29, 0.717) is 5.75 Å². The summed E-state index contributed by atoms with van der Waals surface area (Å²) in [7, 11) is -3.50. The zero-order chi connectivity index (χ0) is 14.3. The van der Waals surface area contributed by atoms with Gasteiger partial charge in [-0.05, 0) is 24.0 Å². The zero-order valence-corrected chi connectivity index (χ0v) is 13.1. The van der Waals surface area contributed by atoms with Gasteiger partial charge in [-0.3, -0.25) is 0 Å². The van der Waals surface area contributed by atoms with Crippen LogP contribution in [0, 0.1) is 0 Å². The predicted molar refractivity (Wildman–Crippen MR) is 77.5 cm³/mol. The van der Waals surface area contributed by atoms with E-state index in [1.165, 1.54) is 0 Å². The standard InChI is InChI=1S/C13H18O4S2/c1-5-18-12-13(2,3)10-8-9(17-19(4,14)15)6-7-11(10)16-12/h6-8,12H,5H2,1-4H3. The lowest BCUT2D eigenvalue weighted by Gasteiger charge is -2.24. The van der Waals surface area contributed by atoms with E-state index in [1.807, 2.05) is 0 Å². The summed E-state index contributed by atoms with van der Waals surface area (Å²) in [6.07, 6.45) is 1.04. The summed E-state index contributed by atoms with van der Waals surface area (Å²) in [5, 5.41) is 0. The van der Waals surface area contributed by atoms with Crippen LogP contribution in [-0.4, -0.2) is 25.9 Å². The number of thioether (sulfide) groups is 1. The highest BCUT2D eigenvalue weighted by Crippen LogP contribution is 2.47. The van der Waals surface area contributed by atoms with Crippen molar-refractivity contribution in [2.45, 2.75) is 31.6 Å². The highest BCUT2D eigenvalue weighted by Gasteiger charge is 2.41. The van der Waals surface area contributed by atoms with Crippen LogP contribution in [0.1, 0.15) is 26.3 Å². The molecule has 0 aliphatic carbocycles. The van der Waals surface area contributed by atoms with Crippen molar-refractivity contribution >= 4 is 21.9 Å². The van der Waals surface area contributed by atoms with Gasteiger partial charge in [0.05, 0.1) is 6.26 Å². The number of ether oxygens (including phenoxy) is 1. The molecule has 1 unspecified atom stereocenters. The van der Waals surface area contributed by atoms with Crippen LogP contribution < -0.4 is 8.92 Å². The average molecular weight is 302 g/mol. The van der Waals surface area contributed by atoms with Gasteiger partial charge in [-0.25, -0.2) is 0 Å². The first kappa shape index (κ1) is 14.5. The second kappa shape index (κ2) is 4.90. The maximum Gasteiger partial charge on any atom is 0.306 e. The van der Waals surface area contributed by atoms with Crippen LogP contribution in [0.2, 0.25) is 0 Å².